The number of nitrogens with one attached hydrogen (secondary N) is 1. The normalized spacial score (nSPS) is 11.1. The summed E-state index contributed by atoms with van der Waals surface area (Å²) in [6.45, 7) is 7.06. The van der Waals surface area contributed by atoms with Crippen molar-refractivity contribution in [2.24, 2.45) is 0 Å². The van der Waals surface area contributed by atoms with Crippen molar-refractivity contribution in [1.29, 1.82) is 0 Å². The Bertz CT molecular complexity index is 138. The number of hydrogen-bond donors (Lipinski definition) is 1. The molecule has 0 amide bonds. The molecule has 0 aliphatic heterocycles. The molecule has 0 aliphatic carbocycles. The molecule has 122 valence electrons. The van der Waals surface area contributed by atoms with Gasteiger partial charge in [-0.25, -0.2) is 0 Å². The highest BCUT2D eigenvalue weighted by atomic mass is 14.8. The first kappa shape index (κ1) is 20.0. The molecule has 0 saturated carbocycles. The smallest absolute Gasteiger partial charge is 0.00489 e. The molecule has 1 nitrogen and oxygen atoms in total. The molecule has 0 bridgehead atoms. The van der Waals surface area contributed by atoms with Gasteiger partial charge in [0.2, 0.25) is 0 Å². The lowest BCUT2D eigenvalue weighted by molar-refractivity contribution is 0.534. The van der Waals surface area contributed by atoms with Crippen molar-refractivity contribution < 1.29 is 0 Å². The molecule has 0 rings (SSSR count). The van der Waals surface area contributed by atoms with Crippen LogP contribution in [0.3, 0.4) is 0 Å². The summed E-state index contributed by atoms with van der Waals surface area (Å²) in [6.07, 6.45) is 21.3. The van der Waals surface area contributed by atoms with Crippen LogP contribution in [0.1, 0.15) is 110 Å². The third kappa shape index (κ3) is 18.0. The van der Waals surface area contributed by atoms with Crippen LogP contribution in [-0.4, -0.2) is 13.1 Å². The maximum Gasteiger partial charge on any atom is -0.00489 e. The Kier molecular flexibility index (Phi) is 18.9. The van der Waals surface area contributed by atoms with Gasteiger partial charge in [0.05, 0.1) is 0 Å². The van der Waals surface area contributed by atoms with Gasteiger partial charge in [0.15, 0.2) is 0 Å². The first-order valence-corrected chi connectivity index (χ1v) is 9.62. The maximum atomic E-state index is 3.60. The monoisotopic (exact) mass is 283 g/mol. The second-order valence-electron chi connectivity index (χ2n) is 6.35. The molecule has 0 fully saturated rings. The van der Waals surface area contributed by atoms with Crippen LogP contribution in [0.5, 0.6) is 0 Å². The third-order valence-electron chi connectivity index (χ3n) is 4.16. The number of unbranched alkanes of at least 4 members (excludes halogenated alkanes) is 13. The van der Waals surface area contributed by atoms with Crippen LogP contribution in [-0.2, 0) is 0 Å². The fraction of sp³-hybridized carbons (Fsp3) is 1.00. The molecule has 0 aromatic rings. The van der Waals surface area contributed by atoms with Crippen LogP contribution in [0.2, 0.25) is 0 Å². The average molecular weight is 284 g/mol. The molecular formula is C19H41N. The highest BCUT2D eigenvalue weighted by molar-refractivity contribution is 4.52. The predicted octanol–water partition coefficient (Wildman–Crippen LogP) is 6.47. The van der Waals surface area contributed by atoms with Gasteiger partial charge < -0.3 is 5.32 Å². The Balaban J connectivity index is 2.89. The highest BCUT2D eigenvalue weighted by Gasteiger charge is 1.93. The van der Waals surface area contributed by atoms with Crippen LogP contribution in [0.4, 0.5) is 0 Å². The topological polar surface area (TPSA) is 12.0 Å². The van der Waals surface area contributed by atoms with Crippen molar-refractivity contribution in [3.63, 3.8) is 0 Å². The van der Waals surface area contributed by atoms with E-state index < -0.39 is 0 Å². The summed E-state index contributed by atoms with van der Waals surface area (Å²) in [5, 5.41) is 3.60. The van der Waals surface area contributed by atoms with E-state index in [1.54, 1.807) is 0 Å². The maximum absolute atomic E-state index is 3.60. The Hall–Kier alpha value is -0.0400. The molecule has 0 atom stereocenters. The molecule has 0 aliphatic rings. The van der Waals surface area contributed by atoms with Crippen LogP contribution >= 0.6 is 0 Å². The largest absolute Gasteiger partial charge is 0.317 e. The van der Waals surface area contributed by atoms with Gasteiger partial charge in [-0.1, -0.05) is 97.3 Å². The van der Waals surface area contributed by atoms with Crippen molar-refractivity contribution in [2.45, 2.75) is 110 Å². The average Bonchev–Trinajstić information content (AvgIpc) is 2.47. The molecule has 0 unspecified atom stereocenters. The van der Waals surface area contributed by atoms with Crippen molar-refractivity contribution in [2.75, 3.05) is 13.1 Å². The molecule has 0 spiro atoms. The molecule has 1 heteroatoms. The van der Waals surface area contributed by atoms with Gasteiger partial charge >= 0.3 is 0 Å². The van der Waals surface area contributed by atoms with E-state index in [9.17, 15) is 0 Å². The zero-order valence-corrected chi connectivity index (χ0v) is 14.5. The molecular weight excluding hydrogens is 242 g/mol. The van der Waals surface area contributed by atoms with Gasteiger partial charge in [0.1, 0.15) is 0 Å². The first-order chi connectivity index (χ1) is 9.91. The SMILES string of the molecule is CCCCCCCCCCNCCCCCCCCC. The van der Waals surface area contributed by atoms with E-state index in [-0.39, 0.29) is 0 Å². The molecule has 0 aromatic heterocycles. The Morgan fingerprint density at radius 2 is 0.700 bits per heavy atom. The fourth-order valence-corrected chi connectivity index (χ4v) is 2.72. The predicted molar refractivity (Wildman–Crippen MR) is 93.5 cm³/mol. The Labute approximate surface area is 129 Å². The van der Waals surface area contributed by atoms with Gasteiger partial charge in [-0.3, -0.25) is 0 Å². The summed E-state index contributed by atoms with van der Waals surface area (Å²) in [7, 11) is 0. The summed E-state index contributed by atoms with van der Waals surface area (Å²) < 4.78 is 0. The quantitative estimate of drug-likeness (QED) is 0.302. The van der Waals surface area contributed by atoms with Crippen molar-refractivity contribution in [3.05, 3.63) is 0 Å². The van der Waals surface area contributed by atoms with E-state index in [0.29, 0.717) is 0 Å². The fourth-order valence-electron chi connectivity index (χ4n) is 2.72. The minimum Gasteiger partial charge on any atom is -0.317 e. The molecule has 1 N–H and O–H groups in total. The van der Waals surface area contributed by atoms with E-state index >= 15 is 0 Å². The van der Waals surface area contributed by atoms with Gasteiger partial charge in [0.25, 0.3) is 0 Å². The number of hydrogen-bond acceptors (Lipinski definition) is 1. The van der Waals surface area contributed by atoms with Crippen molar-refractivity contribution in [3.8, 4) is 0 Å². The Morgan fingerprint density at radius 1 is 0.400 bits per heavy atom. The summed E-state index contributed by atoms with van der Waals surface area (Å²) in [6, 6.07) is 0. The zero-order valence-electron chi connectivity index (χ0n) is 14.5. The van der Waals surface area contributed by atoms with Gasteiger partial charge in [-0.2, -0.15) is 0 Å². The standard InChI is InChI=1S/C19H41N/c1-3-5-7-9-11-13-15-17-19-20-18-16-14-12-10-8-6-4-2/h20H,3-19H2,1-2H3. The summed E-state index contributed by atoms with van der Waals surface area (Å²) in [5.74, 6) is 0. The van der Waals surface area contributed by atoms with Gasteiger partial charge in [-0.05, 0) is 25.9 Å². The first-order valence-electron chi connectivity index (χ1n) is 9.62. The summed E-state index contributed by atoms with van der Waals surface area (Å²) in [4.78, 5) is 0. The lowest BCUT2D eigenvalue weighted by Gasteiger charge is -2.05. The van der Waals surface area contributed by atoms with Gasteiger partial charge in [0, 0.05) is 0 Å². The van der Waals surface area contributed by atoms with E-state index in [1.807, 2.05) is 0 Å². The lowest BCUT2D eigenvalue weighted by atomic mass is 10.1. The van der Waals surface area contributed by atoms with Crippen molar-refractivity contribution in [1.82, 2.24) is 5.32 Å². The van der Waals surface area contributed by atoms with Crippen LogP contribution in [0, 0.1) is 0 Å². The molecule has 0 radical (unpaired) electrons. The van der Waals surface area contributed by atoms with E-state index in [0.717, 1.165) is 0 Å². The van der Waals surface area contributed by atoms with Crippen LogP contribution < -0.4 is 5.32 Å². The molecule has 20 heavy (non-hydrogen) atoms. The second kappa shape index (κ2) is 19.0. The summed E-state index contributed by atoms with van der Waals surface area (Å²) in [5.41, 5.74) is 0. The van der Waals surface area contributed by atoms with Crippen molar-refractivity contribution >= 4 is 0 Å². The van der Waals surface area contributed by atoms with E-state index in [1.165, 1.54) is 109 Å². The second-order valence-corrected chi connectivity index (χ2v) is 6.35. The Morgan fingerprint density at radius 3 is 1.05 bits per heavy atom. The molecule has 0 heterocycles. The highest BCUT2D eigenvalue weighted by Crippen LogP contribution is 2.08. The summed E-state index contributed by atoms with van der Waals surface area (Å²) >= 11 is 0. The van der Waals surface area contributed by atoms with Crippen LogP contribution in [0.25, 0.3) is 0 Å². The van der Waals surface area contributed by atoms with E-state index in [4.69, 9.17) is 0 Å². The molecule has 0 saturated heterocycles. The third-order valence-corrected chi connectivity index (χ3v) is 4.16. The molecule has 0 aromatic carbocycles. The lowest BCUT2D eigenvalue weighted by Crippen LogP contribution is -2.16. The number of rotatable bonds is 17. The minimum absolute atomic E-state index is 1.24. The van der Waals surface area contributed by atoms with Gasteiger partial charge in [-0.15, -0.1) is 0 Å². The van der Waals surface area contributed by atoms with E-state index in [2.05, 4.69) is 19.2 Å². The zero-order chi connectivity index (χ0) is 14.7. The van der Waals surface area contributed by atoms with Crippen LogP contribution in [0.15, 0.2) is 0 Å². The minimum atomic E-state index is 1.24.